The van der Waals surface area contributed by atoms with E-state index in [0.29, 0.717) is 84.2 Å². The lowest BCUT2D eigenvalue weighted by atomic mass is 9.87. The predicted molar refractivity (Wildman–Crippen MR) is 364 cm³/mol. The molecule has 576 valence electrons. The van der Waals surface area contributed by atoms with Crippen molar-refractivity contribution in [2.75, 3.05) is 26.4 Å². The summed E-state index contributed by atoms with van der Waals surface area (Å²) in [7, 11) is 0. The zero-order chi connectivity index (χ0) is 78.4. The molecular formula is C74H124O26. The van der Waals surface area contributed by atoms with Crippen LogP contribution < -0.4 is 0 Å². The molecule has 6 aliphatic rings. The van der Waals surface area contributed by atoms with E-state index in [1.165, 1.54) is 0 Å². The summed E-state index contributed by atoms with van der Waals surface area (Å²) in [6, 6.07) is 0. The van der Waals surface area contributed by atoms with Crippen LogP contribution in [0.1, 0.15) is 272 Å². The van der Waals surface area contributed by atoms with Gasteiger partial charge in [0.05, 0.1) is 58.7 Å². The molecule has 0 aromatic heterocycles. The van der Waals surface area contributed by atoms with Crippen molar-refractivity contribution >= 4 is 71.6 Å². The third-order valence-electron chi connectivity index (χ3n) is 19.5. The summed E-state index contributed by atoms with van der Waals surface area (Å²) < 4.78 is 67.0. The van der Waals surface area contributed by atoms with Crippen LogP contribution in [0, 0.1) is 43.8 Å². The van der Waals surface area contributed by atoms with Gasteiger partial charge in [-0.2, -0.15) is 0 Å². The Balaban J connectivity index is 0.000000600. The van der Waals surface area contributed by atoms with Crippen molar-refractivity contribution in [3.05, 3.63) is 0 Å². The van der Waals surface area contributed by atoms with Gasteiger partial charge in [-0.1, -0.05) is 55.4 Å². The van der Waals surface area contributed by atoms with Gasteiger partial charge < -0.3 is 66.7 Å². The highest BCUT2D eigenvalue weighted by Crippen LogP contribution is 2.40. The SMILES string of the molecule is CCC(C)(C)C(=O)OC(C)(C)C1COC(=O)C1.CCC(C)(C)C(=O)OC(C)(C)OC1CCOC1=O.CCC(C)(C)C(=O)OC1(C)CC(C)(C)OC1=O.CCC(C)(C)C(=O)OC1(C)CCOC1=O.CCC(C)(C)C(=O)OC1C(=O)OC(C)(C)C1O.CCC(C)(C)C(=O)OC1C(=O)OCC1(C)C. The van der Waals surface area contributed by atoms with Crippen LogP contribution in [0.25, 0.3) is 0 Å². The van der Waals surface area contributed by atoms with Gasteiger partial charge >= 0.3 is 71.6 Å². The summed E-state index contributed by atoms with van der Waals surface area (Å²) in [6.45, 7) is 55.1. The molecule has 0 aromatic carbocycles. The van der Waals surface area contributed by atoms with E-state index in [-0.39, 0.29) is 41.7 Å². The Morgan fingerprint density at radius 2 is 0.910 bits per heavy atom. The number of carbonyl (C=O) groups excluding carboxylic acids is 12. The first-order valence-corrected chi connectivity index (χ1v) is 34.9. The molecule has 7 atom stereocenters. The third kappa shape index (κ3) is 25.8. The van der Waals surface area contributed by atoms with Crippen LogP contribution in [0.2, 0.25) is 0 Å². The number of cyclic esters (lactones) is 6. The number of hydrogen-bond donors (Lipinski definition) is 1. The maximum atomic E-state index is 12.0. The molecule has 6 rings (SSSR count). The molecule has 0 aromatic rings. The lowest BCUT2D eigenvalue weighted by Crippen LogP contribution is -2.42. The van der Waals surface area contributed by atoms with Crippen molar-refractivity contribution in [2.45, 2.75) is 330 Å². The molecule has 100 heavy (non-hydrogen) atoms. The van der Waals surface area contributed by atoms with E-state index in [2.05, 4.69) is 0 Å². The number of rotatable bonds is 21. The van der Waals surface area contributed by atoms with Crippen molar-refractivity contribution in [2.24, 2.45) is 43.8 Å². The van der Waals surface area contributed by atoms with E-state index < -0.39 is 132 Å². The average Bonchev–Trinajstić information content (AvgIpc) is 1.62. The van der Waals surface area contributed by atoms with Gasteiger partial charge in [0.1, 0.15) is 29.5 Å². The summed E-state index contributed by atoms with van der Waals surface area (Å²) in [5.74, 6) is -5.90. The molecule has 6 saturated heterocycles. The summed E-state index contributed by atoms with van der Waals surface area (Å²) in [5.41, 5.74) is -8.30. The molecule has 6 aliphatic heterocycles. The van der Waals surface area contributed by atoms with Crippen molar-refractivity contribution in [1.82, 2.24) is 0 Å². The van der Waals surface area contributed by atoms with Crippen LogP contribution in [0.3, 0.4) is 0 Å². The minimum Gasteiger partial charge on any atom is -0.465 e. The maximum Gasteiger partial charge on any atom is 0.351 e. The van der Waals surface area contributed by atoms with E-state index in [9.17, 15) is 62.6 Å². The Kier molecular flexibility index (Phi) is 31.8. The van der Waals surface area contributed by atoms with Gasteiger partial charge in [-0.3, -0.25) is 33.6 Å². The van der Waals surface area contributed by atoms with Crippen molar-refractivity contribution < 1.29 is 124 Å². The predicted octanol–water partition coefficient (Wildman–Crippen LogP) is 11.4. The minimum absolute atomic E-state index is 0.0494. The van der Waals surface area contributed by atoms with Gasteiger partial charge in [-0.05, 0) is 177 Å². The van der Waals surface area contributed by atoms with Crippen molar-refractivity contribution in [3.63, 3.8) is 0 Å². The second-order valence-electron chi connectivity index (χ2n) is 33.5. The van der Waals surface area contributed by atoms with Gasteiger partial charge in [0.15, 0.2) is 6.10 Å². The van der Waals surface area contributed by atoms with Crippen LogP contribution in [0.4, 0.5) is 0 Å². The Labute approximate surface area is 594 Å². The van der Waals surface area contributed by atoms with Gasteiger partial charge in [-0.15, -0.1) is 0 Å². The fourth-order valence-corrected chi connectivity index (χ4v) is 8.79. The molecule has 26 nitrogen and oxygen atoms in total. The van der Waals surface area contributed by atoms with Crippen molar-refractivity contribution in [1.29, 1.82) is 0 Å². The molecule has 0 spiro atoms. The third-order valence-corrected chi connectivity index (χ3v) is 19.5. The molecule has 6 heterocycles. The Morgan fingerprint density at radius 3 is 1.26 bits per heavy atom. The summed E-state index contributed by atoms with van der Waals surface area (Å²) >= 11 is 0. The largest absolute Gasteiger partial charge is 0.465 e. The van der Waals surface area contributed by atoms with E-state index in [0.717, 1.165) is 6.42 Å². The highest BCUT2D eigenvalue weighted by molar-refractivity contribution is 5.88. The van der Waals surface area contributed by atoms with E-state index in [1.807, 2.05) is 138 Å². The van der Waals surface area contributed by atoms with E-state index in [4.69, 9.17) is 61.6 Å². The Morgan fingerprint density at radius 1 is 0.480 bits per heavy atom. The summed E-state index contributed by atoms with van der Waals surface area (Å²) in [6.07, 6.45) is 1.90. The molecule has 0 amide bonds. The Hall–Kier alpha value is -6.44. The van der Waals surface area contributed by atoms with E-state index in [1.54, 1.807) is 69.2 Å². The fourth-order valence-electron chi connectivity index (χ4n) is 8.79. The average molecular weight is 1430 g/mol. The van der Waals surface area contributed by atoms with Crippen molar-refractivity contribution in [3.8, 4) is 0 Å². The molecule has 6 fully saturated rings. The highest BCUT2D eigenvalue weighted by Gasteiger charge is 2.55. The Bertz CT molecular complexity index is 2900. The topological polar surface area (TPSA) is 345 Å². The van der Waals surface area contributed by atoms with Gasteiger partial charge in [0.2, 0.25) is 29.2 Å². The van der Waals surface area contributed by atoms with Crippen LogP contribution in [0.15, 0.2) is 0 Å². The van der Waals surface area contributed by atoms with Crippen LogP contribution in [-0.2, 0) is 119 Å². The molecule has 0 saturated carbocycles. The van der Waals surface area contributed by atoms with Gasteiger partial charge in [0, 0.05) is 44.4 Å². The summed E-state index contributed by atoms with van der Waals surface area (Å²) in [4.78, 5) is 140. The number of aliphatic hydroxyl groups is 1. The zero-order valence-corrected chi connectivity index (χ0v) is 65.9. The van der Waals surface area contributed by atoms with Gasteiger partial charge in [-0.25, -0.2) is 24.0 Å². The number of esters is 12. The molecule has 0 bridgehead atoms. The second kappa shape index (κ2) is 34.7. The first-order chi connectivity index (χ1) is 45.0. The molecule has 7 unspecified atom stereocenters. The maximum absolute atomic E-state index is 12.0. The monoisotopic (exact) mass is 1430 g/mol. The number of carbonyl (C=O) groups is 12. The molecular weight excluding hydrogens is 1300 g/mol. The number of aliphatic hydroxyl groups excluding tert-OH is 1. The highest BCUT2D eigenvalue weighted by atomic mass is 16.7. The minimum atomic E-state index is -1.22. The van der Waals surface area contributed by atoms with Crippen LogP contribution in [-0.4, -0.2) is 161 Å². The standard InChI is InChI=1S/C13H22O5.2C13H22O4.C12H20O5.C12H20O4.C11H18O4/c1-6-12(2,3)11(15)18-13(4,5)17-9-7-8-16-10(9)14;1-7-11(2,3)9(14)17-13(6)8-12(4,5)16-10(13)15;1-6-12(2,3)11(15)17-13(4,5)9-7-10(14)16-8-9;1-6-11(2,3)10(15)16-7-8(13)12(4,5)17-9(7)14;1-6-11(2,3)10(14)16-8-9(13)15-7-12(8,4)5;1-5-10(2,3)8(12)15-11(4)6-7-14-9(11)13/h9H,6-8H2,1-5H3;7-8H2,1-6H3;9H,6-8H2,1-5H3;7-8,13H,6H2,1-5H3;8H,6-7H2,1-5H3;5-7H2,1-4H3. The zero-order valence-electron chi connectivity index (χ0n) is 65.9. The molecule has 0 radical (unpaired) electrons. The lowest BCUT2D eigenvalue weighted by Gasteiger charge is -2.33. The van der Waals surface area contributed by atoms with Crippen LogP contribution >= 0.6 is 0 Å². The smallest absolute Gasteiger partial charge is 0.351 e. The number of hydrogen-bond acceptors (Lipinski definition) is 26. The van der Waals surface area contributed by atoms with Crippen LogP contribution in [0.5, 0.6) is 0 Å². The fraction of sp³-hybridized carbons (Fsp3) is 0.838. The molecule has 1 N–H and O–H groups in total. The first kappa shape index (κ1) is 91.6. The number of ether oxygens (including phenoxy) is 13. The lowest BCUT2D eigenvalue weighted by molar-refractivity contribution is -0.237. The quantitative estimate of drug-likeness (QED) is 0.0633. The normalized spacial score (nSPS) is 24.6. The van der Waals surface area contributed by atoms with E-state index >= 15 is 0 Å². The second-order valence-corrected chi connectivity index (χ2v) is 33.5. The molecule has 26 heteroatoms. The molecule has 0 aliphatic carbocycles. The summed E-state index contributed by atoms with van der Waals surface area (Å²) in [5, 5.41) is 9.85. The van der Waals surface area contributed by atoms with Gasteiger partial charge in [0.25, 0.3) is 0 Å². The first-order valence-electron chi connectivity index (χ1n) is 34.9.